The van der Waals surface area contributed by atoms with Crippen LogP contribution in [0.5, 0.6) is 0 Å². The van der Waals surface area contributed by atoms with Gasteiger partial charge in [-0.15, -0.1) is 11.3 Å². The summed E-state index contributed by atoms with van der Waals surface area (Å²) < 4.78 is 6.18. The standard InChI is InChI=1S/C11H13BrN2OS/c1-8(4-5-9-3-2-6-15-9)13-11-14-10(12)7-16-11/h2-3,6-8H,4-5H2,1H3,(H,13,14). The van der Waals surface area contributed by atoms with Gasteiger partial charge in [0.05, 0.1) is 6.26 Å². The predicted molar refractivity (Wildman–Crippen MR) is 69.9 cm³/mol. The zero-order chi connectivity index (χ0) is 11.4. The van der Waals surface area contributed by atoms with Gasteiger partial charge in [0.25, 0.3) is 0 Å². The molecule has 1 atom stereocenters. The van der Waals surface area contributed by atoms with E-state index in [1.165, 1.54) is 0 Å². The van der Waals surface area contributed by atoms with Crippen molar-refractivity contribution in [3.05, 3.63) is 34.1 Å². The Bertz CT molecular complexity index is 427. The molecule has 0 bridgehead atoms. The van der Waals surface area contributed by atoms with Crippen molar-refractivity contribution in [2.24, 2.45) is 0 Å². The highest BCUT2D eigenvalue weighted by Gasteiger charge is 2.06. The summed E-state index contributed by atoms with van der Waals surface area (Å²) in [6.45, 7) is 2.15. The van der Waals surface area contributed by atoms with Gasteiger partial charge in [0, 0.05) is 17.8 Å². The van der Waals surface area contributed by atoms with Crippen LogP contribution in [0.4, 0.5) is 5.13 Å². The summed E-state index contributed by atoms with van der Waals surface area (Å²) in [5, 5.41) is 6.29. The summed E-state index contributed by atoms with van der Waals surface area (Å²) in [5.74, 6) is 1.04. The van der Waals surface area contributed by atoms with Crippen molar-refractivity contribution in [1.82, 2.24) is 4.98 Å². The van der Waals surface area contributed by atoms with Crippen LogP contribution in [0.25, 0.3) is 0 Å². The summed E-state index contributed by atoms with van der Waals surface area (Å²) in [6, 6.07) is 4.32. The fraction of sp³-hybridized carbons (Fsp3) is 0.364. The van der Waals surface area contributed by atoms with Gasteiger partial charge in [-0.3, -0.25) is 0 Å². The van der Waals surface area contributed by atoms with Gasteiger partial charge in [0.2, 0.25) is 0 Å². The Morgan fingerprint density at radius 2 is 2.50 bits per heavy atom. The largest absolute Gasteiger partial charge is 0.469 e. The molecule has 2 aromatic rings. The number of aromatic nitrogens is 1. The Labute approximate surface area is 107 Å². The van der Waals surface area contributed by atoms with Crippen molar-refractivity contribution in [2.45, 2.75) is 25.8 Å². The maximum Gasteiger partial charge on any atom is 0.183 e. The number of hydrogen-bond acceptors (Lipinski definition) is 4. The first-order valence-corrected chi connectivity index (χ1v) is 6.81. The summed E-state index contributed by atoms with van der Waals surface area (Å²) in [7, 11) is 0. The van der Waals surface area contributed by atoms with E-state index in [1.807, 2.05) is 17.5 Å². The van der Waals surface area contributed by atoms with E-state index in [4.69, 9.17) is 4.42 Å². The molecule has 3 nitrogen and oxygen atoms in total. The van der Waals surface area contributed by atoms with Crippen molar-refractivity contribution in [2.75, 3.05) is 5.32 Å². The molecule has 2 aromatic heterocycles. The fourth-order valence-electron chi connectivity index (χ4n) is 1.42. The molecule has 2 heterocycles. The third-order valence-corrected chi connectivity index (χ3v) is 3.73. The molecule has 0 aliphatic heterocycles. The number of nitrogens with zero attached hydrogens (tertiary/aromatic N) is 1. The number of rotatable bonds is 5. The van der Waals surface area contributed by atoms with E-state index >= 15 is 0 Å². The summed E-state index contributed by atoms with van der Waals surface area (Å²) in [4.78, 5) is 4.30. The van der Waals surface area contributed by atoms with E-state index in [0.717, 1.165) is 28.3 Å². The molecular weight excluding hydrogens is 288 g/mol. The Hall–Kier alpha value is -0.810. The van der Waals surface area contributed by atoms with E-state index in [9.17, 15) is 0 Å². The fourth-order valence-corrected chi connectivity index (χ4v) is 2.67. The van der Waals surface area contributed by atoms with Crippen molar-refractivity contribution >= 4 is 32.4 Å². The molecule has 1 unspecified atom stereocenters. The minimum atomic E-state index is 0.392. The van der Waals surface area contributed by atoms with Gasteiger partial charge in [-0.25, -0.2) is 4.98 Å². The third kappa shape index (κ3) is 3.35. The minimum Gasteiger partial charge on any atom is -0.469 e. The minimum absolute atomic E-state index is 0.392. The van der Waals surface area contributed by atoms with Crippen LogP contribution >= 0.6 is 27.3 Å². The Morgan fingerprint density at radius 1 is 1.62 bits per heavy atom. The number of anilines is 1. The lowest BCUT2D eigenvalue weighted by molar-refractivity contribution is 0.495. The maximum atomic E-state index is 5.29. The van der Waals surface area contributed by atoms with Crippen molar-refractivity contribution in [1.29, 1.82) is 0 Å². The third-order valence-electron chi connectivity index (χ3n) is 2.25. The average Bonchev–Trinajstić information content (AvgIpc) is 2.87. The molecule has 0 aliphatic rings. The molecular formula is C11H13BrN2OS. The first-order valence-electron chi connectivity index (χ1n) is 5.14. The van der Waals surface area contributed by atoms with E-state index in [1.54, 1.807) is 17.6 Å². The number of halogens is 1. The molecule has 0 fully saturated rings. The second-order valence-electron chi connectivity index (χ2n) is 3.64. The quantitative estimate of drug-likeness (QED) is 0.909. The molecule has 0 amide bonds. The molecule has 2 rings (SSSR count). The second kappa shape index (κ2) is 5.50. The van der Waals surface area contributed by atoms with Gasteiger partial charge in [-0.1, -0.05) is 0 Å². The molecule has 0 aliphatic carbocycles. The smallest absolute Gasteiger partial charge is 0.183 e. The van der Waals surface area contributed by atoms with Crippen LogP contribution in [0, 0.1) is 0 Å². The molecule has 0 aromatic carbocycles. The maximum absolute atomic E-state index is 5.29. The Kier molecular flexibility index (Phi) is 4.01. The van der Waals surface area contributed by atoms with E-state index < -0.39 is 0 Å². The van der Waals surface area contributed by atoms with Gasteiger partial charge >= 0.3 is 0 Å². The molecule has 0 saturated carbocycles. The zero-order valence-corrected chi connectivity index (χ0v) is 11.3. The Balaban J connectivity index is 1.78. The number of hydrogen-bond donors (Lipinski definition) is 1. The van der Waals surface area contributed by atoms with Crippen LogP contribution in [0.3, 0.4) is 0 Å². The monoisotopic (exact) mass is 300 g/mol. The summed E-state index contributed by atoms with van der Waals surface area (Å²) in [6.07, 6.45) is 3.70. The van der Waals surface area contributed by atoms with Crippen LogP contribution < -0.4 is 5.32 Å². The molecule has 0 spiro atoms. The SMILES string of the molecule is CC(CCc1ccco1)Nc1nc(Br)cs1. The Morgan fingerprint density at radius 3 is 3.12 bits per heavy atom. The normalized spacial score (nSPS) is 12.6. The predicted octanol–water partition coefficient (Wildman–Crippen LogP) is 3.93. The van der Waals surface area contributed by atoms with Crippen LogP contribution in [0.2, 0.25) is 0 Å². The van der Waals surface area contributed by atoms with E-state index in [0.29, 0.717) is 6.04 Å². The van der Waals surface area contributed by atoms with E-state index in [-0.39, 0.29) is 0 Å². The summed E-state index contributed by atoms with van der Waals surface area (Å²) in [5.41, 5.74) is 0. The zero-order valence-electron chi connectivity index (χ0n) is 8.94. The topological polar surface area (TPSA) is 38.1 Å². The van der Waals surface area contributed by atoms with Crippen LogP contribution in [-0.2, 0) is 6.42 Å². The van der Waals surface area contributed by atoms with Crippen molar-refractivity contribution < 1.29 is 4.42 Å². The molecule has 1 N–H and O–H groups in total. The first kappa shape index (κ1) is 11.7. The first-order chi connectivity index (χ1) is 7.74. The number of thiazole rings is 1. The van der Waals surface area contributed by atoms with Crippen LogP contribution in [-0.4, -0.2) is 11.0 Å². The highest BCUT2D eigenvalue weighted by Crippen LogP contribution is 2.20. The van der Waals surface area contributed by atoms with Gasteiger partial charge in [0.15, 0.2) is 5.13 Å². The van der Waals surface area contributed by atoms with Crippen molar-refractivity contribution in [3.63, 3.8) is 0 Å². The molecule has 16 heavy (non-hydrogen) atoms. The lowest BCUT2D eigenvalue weighted by atomic mass is 10.1. The van der Waals surface area contributed by atoms with Gasteiger partial charge in [-0.2, -0.15) is 0 Å². The van der Waals surface area contributed by atoms with Gasteiger partial charge in [0.1, 0.15) is 10.4 Å². The van der Waals surface area contributed by atoms with Crippen molar-refractivity contribution in [3.8, 4) is 0 Å². The lowest BCUT2D eigenvalue weighted by Crippen LogP contribution is -2.15. The molecule has 86 valence electrons. The number of furan rings is 1. The van der Waals surface area contributed by atoms with Gasteiger partial charge < -0.3 is 9.73 Å². The van der Waals surface area contributed by atoms with E-state index in [2.05, 4.69) is 33.2 Å². The average molecular weight is 301 g/mol. The van der Waals surface area contributed by atoms with Crippen LogP contribution in [0.1, 0.15) is 19.1 Å². The van der Waals surface area contributed by atoms with Gasteiger partial charge in [-0.05, 0) is 41.4 Å². The summed E-state index contributed by atoms with van der Waals surface area (Å²) >= 11 is 4.95. The highest BCUT2D eigenvalue weighted by molar-refractivity contribution is 9.10. The lowest BCUT2D eigenvalue weighted by Gasteiger charge is -2.11. The number of nitrogens with one attached hydrogen (secondary N) is 1. The molecule has 0 radical (unpaired) electrons. The number of aryl methyl sites for hydroxylation is 1. The van der Waals surface area contributed by atoms with Crippen LogP contribution in [0.15, 0.2) is 32.8 Å². The second-order valence-corrected chi connectivity index (χ2v) is 5.31. The highest BCUT2D eigenvalue weighted by atomic mass is 79.9. The molecule has 5 heteroatoms. The molecule has 0 saturated heterocycles.